The number of rotatable bonds is 1. The number of hydrogen-bond donors (Lipinski definition) is 0. The first-order chi connectivity index (χ1) is 6.68. The van der Waals surface area contributed by atoms with Gasteiger partial charge < -0.3 is 0 Å². The van der Waals surface area contributed by atoms with Crippen LogP contribution in [0.15, 0.2) is 18.7 Å². The minimum Gasteiger partial charge on any atom is -0.275 e. The summed E-state index contributed by atoms with van der Waals surface area (Å²) in [7, 11) is 1.90. The molecular formula is C10H12N4. The van der Waals surface area contributed by atoms with Gasteiger partial charge in [0.05, 0.1) is 11.9 Å². The Bertz CT molecular complexity index is 459. The quantitative estimate of drug-likeness (QED) is 0.681. The molecule has 0 aliphatic heterocycles. The van der Waals surface area contributed by atoms with Crippen molar-refractivity contribution in [3.8, 4) is 11.3 Å². The van der Waals surface area contributed by atoms with Crippen molar-refractivity contribution in [2.75, 3.05) is 0 Å². The van der Waals surface area contributed by atoms with Crippen LogP contribution in [0.3, 0.4) is 0 Å². The van der Waals surface area contributed by atoms with Crippen LogP contribution < -0.4 is 0 Å². The number of hydrogen-bond acceptors (Lipinski definition) is 3. The summed E-state index contributed by atoms with van der Waals surface area (Å²) in [4.78, 5) is 8.39. The highest BCUT2D eigenvalue weighted by Crippen LogP contribution is 2.20. The molecule has 0 aromatic carbocycles. The van der Waals surface area contributed by atoms with E-state index in [-0.39, 0.29) is 0 Å². The second-order valence-corrected chi connectivity index (χ2v) is 3.34. The van der Waals surface area contributed by atoms with Crippen LogP contribution in [-0.2, 0) is 7.05 Å². The SMILES string of the molecule is Cc1ncnc(-c2cnn(C)c2)c1C. The van der Waals surface area contributed by atoms with Gasteiger partial charge in [0.2, 0.25) is 0 Å². The molecule has 14 heavy (non-hydrogen) atoms. The van der Waals surface area contributed by atoms with E-state index in [0.29, 0.717) is 0 Å². The molecule has 0 saturated carbocycles. The first-order valence-corrected chi connectivity index (χ1v) is 4.45. The molecule has 0 N–H and O–H groups in total. The summed E-state index contributed by atoms with van der Waals surface area (Å²) < 4.78 is 1.77. The minimum atomic E-state index is 0.964. The molecule has 0 radical (unpaired) electrons. The van der Waals surface area contributed by atoms with Gasteiger partial charge in [-0.25, -0.2) is 9.97 Å². The summed E-state index contributed by atoms with van der Waals surface area (Å²) in [6.45, 7) is 4.01. The summed E-state index contributed by atoms with van der Waals surface area (Å²) in [6, 6.07) is 0. The van der Waals surface area contributed by atoms with E-state index in [1.54, 1.807) is 11.0 Å². The summed E-state index contributed by atoms with van der Waals surface area (Å²) in [5, 5.41) is 4.12. The molecule has 0 aliphatic rings. The normalized spacial score (nSPS) is 10.5. The third-order valence-electron chi connectivity index (χ3n) is 2.31. The number of aromatic nitrogens is 4. The molecule has 4 heteroatoms. The highest BCUT2D eigenvalue weighted by molar-refractivity contribution is 5.61. The minimum absolute atomic E-state index is 0.964. The highest BCUT2D eigenvalue weighted by Gasteiger charge is 2.07. The molecule has 0 aliphatic carbocycles. The molecule has 4 nitrogen and oxygen atoms in total. The average Bonchev–Trinajstić information content (AvgIpc) is 2.57. The Morgan fingerprint density at radius 3 is 2.64 bits per heavy atom. The maximum atomic E-state index is 4.26. The molecule has 0 saturated heterocycles. The first kappa shape index (κ1) is 8.87. The largest absolute Gasteiger partial charge is 0.275 e. The van der Waals surface area contributed by atoms with Gasteiger partial charge in [-0.05, 0) is 19.4 Å². The van der Waals surface area contributed by atoms with Crippen LogP contribution in [0, 0.1) is 13.8 Å². The second-order valence-electron chi connectivity index (χ2n) is 3.34. The van der Waals surface area contributed by atoms with Gasteiger partial charge in [-0.1, -0.05) is 0 Å². The maximum Gasteiger partial charge on any atom is 0.116 e. The molecule has 0 unspecified atom stereocenters. The van der Waals surface area contributed by atoms with Crippen molar-refractivity contribution in [1.29, 1.82) is 0 Å². The van der Waals surface area contributed by atoms with Gasteiger partial charge in [0.1, 0.15) is 6.33 Å². The Morgan fingerprint density at radius 2 is 2.00 bits per heavy atom. The van der Waals surface area contributed by atoms with Crippen LogP contribution in [0.5, 0.6) is 0 Å². The molecule has 2 rings (SSSR count). The van der Waals surface area contributed by atoms with E-state index >= 15 is 0 Å². The second kappa shape index (κ2) is 3.21. The lowest BCUT2D eigenvalue weighted by molar-refractivity contribution is 0.768. The lowest BCUT2D eigenvalue weighted by atomic mass is 10.1. The predicted octanol–water partition coefficient (Wildman–Crippen LogP) is 1.49. The van der Waals surface area contributed by atoms with E-state index in [4.69, 9.17) is 0 Å². The zero-order valence-electron chi connectivity index (χ0n) is 8.52. The summed E-state index contributed by atoms with van der Waals surface area (Å²) in [5.74, 6) is 0. The van der Waals surface area contributed by atoms with Crippen LogP contribution in [-0.4, -0.2) is 19.7 Å². The Kier molecular flexibility index (Phi) is 2.04. The van der Waals surface area contributed by atoms with E-state index in [0.717, 1.165) is 22.5 Å². The molecule has 0 bridgehead atoms. The maximum absolute atomic E-state index is 4.26. The molecule has 72 valence electrons. The molecule has 0 atom stereocenters. The Balaban J connectivity index is 2.57. The monoisotopic (exact) mass is 188 g/mol. The highest BCUT2D eigenvalue weighted by atomic mass is 15.2. The molecule has 2 heterocycles. The number of aryl methyl sites for hydroxylation is 2. The van der Waals surface area contributed by atoms with Crippen LogP contribution in [0.25, 0.3) is 11.3 Å². The van der Waals surface area contributed by atoms with Crippen molar-refractivity contribution in [3.63, 3.8) is 0 Å². The third-order valence-corrected chi connectivity index (χ3v) is 2.31. The third kappa shape index (κ3) is 1.39. The van der Waals surface area contributed by atoms with E-state index < -0.39 is 0 Å². The van der Waals surface area contributed by atoms with E-state index in [9.17, 15) is 0 Å². The summed E-state index contributed by atoms with van der Waals surface area (Å²) in [5.41, 5.74) is 4.13. The fourth-order valence-electron chi connectivity index (χ4n) is 1.37. The Labute approximate surface area is 82.6 Å². The van der Waals surface area contributed by atoms with Crippen LogP contribution in [0.4, 0.5) is 0 Å². The molecule has 0 fully saturated rings. The molecule has 0 spiro atoms. The smallest absolute Gasteiger partial charge is 0.116 e. The van der Waals surface area contributed by atoms with Crippen LogP contribution in [0.2, 0.25) is 0 Å². The number of nitrogens with zero attached hydrogens (tertiary/aromatic N) is 4. The van der Waals surface area contributed by atoms with Crippen molar-refractivity contribution in [2.24, 2.45) is 7.05 Å². The zero-order chi connectivity index (χ0) is 10.1. The first-order valence-electron chi connectivity index (χ1n) is 4.45. The van der Waals surface area contributed by atoms with E-state index in [1.807, 2.05) is 33.3 Å². The van der Waals surface area contributed by atoms with Crippen molar-refractivity contribution in [2.45, 2.75) is 13.8 Å². The van der Waals surface area contributed by atoms with Crippen molar-refractivity contribution in [3.05, 3.63) is 30.0 Å². The molecule has 0 amide bonds. The average molecular weight is 188 g/mol. The molecular weight excluding hydrogens is 176 g/mol. The topological polar surface area (TPSA) is 43.6 Å². The standard InChI is InChI=1S/C10H12N4/c1-7-8(2)11-6-12-10(7)9-4-13-14(3)5-9/h4-6H,1-3H3. The lowest BCUT2D eigenvalue weighted by Gasteiger charge is -2.03. The van der Waals surface area contributed by atoms with Gasteiger partial charge in [-0.2, -0.15) is 5.10 Å². The van der Waals surface area contributed by atoms with E-state index in [2.05, 4.69) is 15.1 Å². The Morgan fingerprint density at radius 1 is 1.21 bits per heavy atom. The van der Waals surface area contributed by atoms with Gasteiger partial charge in [-0.3, -0.25) is 4.68 Å². The van der Waals surface area contributed by atoms with Crippen LogP contribution >= 0.6 is 0 Å². The predicted molar refractivity (Wildman–Crippen MR) is 53.7 cm³/mol. The van der Waals surface area contributed by atoms with Crippen molar-refractivity contribution in [1.82, 2.24) is 19.7 Å². The Hall–Kier alpha value is -1.71. The zero-order valence-corrected chi connectivity index (χ0v) is 8.52. The van der Waals surface area contributed by atoms with E-state index in [1.165, 1.54) is 0 Å². The fourth-order valence-corrected chi connectivity index (χ4v) is 1.37. The summed E-state index contributed by atoms with van der Waals surface area (Å²) in [6.07, 6.45) is 5.36. The molecule has 2 aromatic rings. The summed E-state index contributed by atoms with van der Waals surface area (Å²) >= 11 is 0. The van der Waals surface area contributed by atoms with Gasteiger partial charge >= 0.3 is 0 Å². The van der Waals surface area contributed by atoms with Crippen molar-refractivity contribution >= 4 is 0 Å². The molecule has 2 aromatic heterocycles. The fraction of sp³-hybridized carbons (Fsp3) is 0.300. The van der Waals surface area contributed by atoms with Gasteiger partial charge in [0.15, 0.2) is 0 Å². The van der Waals surface area contributed by atoms with Gasteiger partial charge in [0, 0.05) is 24.5 Å². The van der Waals surface area contributed by atoms with Gasteiger partial charge in [0.25, 0.3) is 0 Å². The van der Waals surface area contributed by atoms with Gasteiger partial charge in [-0.15, -0.1) is 0 Å². The van der Waals surface area contributed by atoms with Crippen molar-refractivity contribution < 1.29 is 0 Å². The lowest BCUT2D eigenvalue weighted by Crippen LogP contribution is -1.93. The van der Waals surface area contributed by atoms with Crippen LogP contribution in [0.1, 0.15) is 11.3 Å².